The lowest BCUT2D eigenvalue weighted by molar-refractivity contribution is -0.137. The van der Waals surface area contributed by atoms with Crippen molar-refractivity contribution in [3.63, 3.8) is 0 Å². The van der Waals surface area contributed by atoms with Crippen molar-refractivity contribution in [1.29, 1.82) is 0 Å². The monoisotopic (exact) mass is 912 g/mol. The molecule has 1 unspecified atom stereocenters. The summed E-state index contributed by atoms with van der Waals surface area (Å²) in [5.41, 5.74) is 7.13. The normalized spacial score (nSPS) is 14.8. The Morgan fingerprint density at radius 3 is 2.45 bits per heavy atom. The van der Waals surface area contributed by atoms with Crippen LogP contribution in [0.3, 0.4) is 0 Å². The molecule has 1 saturated heterocycles. The number of benzene rings is 3. The summed E-state index contributed by atoms with van der Waals surface area (Å²) in [4.78, 5) is 66.7. The van der Waals surface area contributed by atoms with E-state index in [-0.39, 0.29) is 30.0 Å². The summed E-state index contributed by atoms with van der Waals surface area (Å²) in [6, 6.07) is 19.5. The molecule has 2 aliphatic heterocycles. The molecule has 3 aromatic carbocycles. The van der Waals surface area contributed by atoms with Gasteiger partial charge in [-0.2, -0.15) is 0 Å². The van der Waals surface area contributed by atoms with Gasteiger partial charge in [0.05, 0.1) is 24.2 Å². The maximum absolute atomic E-state index is 13.1. The van der Waals surface area contributed by atoms with Crippen LogP contribution in [-0.2, 0) is 34.4 Å². The molecule has 1 atom stereocenters. The zero-order valence-corrected chi connectivity index (χ0v) is 39.8. The number of amides is 4. The Bertz CT molecular complexity index is 2540. The molecule has 0 bridgehead atoms. The highest BCUT2D eigenvalue weighted by molar-refractivity contribution is 7.99. The number of nitrogens with zero attached hydrogens (tertiary/aromatic N) is 6. The third kappa shape index (κ3) is 11.9. The molecule has 0 aliphatic carbocycles. The van der Waals surface area contributed by atoms with Crippen molar-refractivity contribution in [2.75, 3.05) is 56.8 Å². The number of nitrogens with one attached hydrogen (secondary N) is 2. The lowest BCUT2D eigenvalue weighted by Gasteiger charge is -2.29. The predicted molar refractivity (Wildman–Crippen MR) is 264 cm³/mol. The topological polar surface area (TPSA) is 142 Å². The van der Waals surface area contributed by atoms with Gasteiger partial charge in [0, 0.05) is 97.5 Å². The van der Waals surface area contributed by atoms with E-state index >= 15 is 0 Å². The second-order valence-corrected chi connectivity index (χ2v) is 18.7. The highest BCUT2D eigenvalue weighted by Crippen LogP contribution is 2.37. The maximum Gasteiger partial charge on any atom is 0.255 e. The molecule has 14 heteroatoms. The first-order chi connectivity index (χ1) is 32.0. The van der Waals surface area contributed by atoms with E-state index in [1.54, 1.807) is 30.0 Å². The third-order valence-electron chi connectivity index (χ3n) is 12.8. The van der Waals surface area contributed by atoms with E-state index in [4.69, 9.17) is 9.72 Å². The summed E-state index contributed by atoms with van der Waals surface area (Å²) in [6.07, 6.45) is 17.2. The number of carbonyl (C=O) groups is 4. The van der Waals surface area contributed by atoms with Crippen LogP contribution in [-0.4, -0.2) is 101 Å². The number of likely N-dealkylation sites (N-methyl/N-ethyl adjacent to an activating group) is 2. The van der Waals surface area contributed by atoms with Crippen LogP contribution in [0.2, 0.25) is 0 Å². The van der Waals surface area contributed by atoms with Gasteiger partial charge < -0.3 is 29.3 Å². The molecule has 13 nitrogen and oxygen atoms in total. The van der Waals surface area contributed by atoms with Crippen molar-refractivity contribution in [3.8, 4) is 17.0 Å². The van der Waals surface area contributed by atoms with Gasteiger partial charge in [0.25, 0.3) is 5.91 Å². The SMILES string of the molecule is C=CC(=O)Nc1cc(Cc2nccc(-c3cn(C)c4ccccc34)n2)c(OC)cc1N(C)CCN(C)CCCCCCCCCCCSc1cccc2c1CN(C1CCC(=O)NC1=O)C2=O. The van der Waals surface area contributed by atoms with Gasteiger partial charge in [-0.1, -0.05) is 75.8 Å². The highest BCUT2D eigenvalue weighted by Gasteiger charge is 2.39. The van der Waals surface area contributed by atoms with Crippen molar-refractivity contribution in [1.82, 2.24) is 29.7 Å². The van der Waals surface area contributed by atoms with E-state index in [9.17, 15) is 19.2 Å². The number of para-hydroxylation sites is 1. The average Bonchev–Trinajstić information content (AvgIpc) is 3.84. The lowest BCUT2D eigenvalue weighted by Crippen LogP contribution is -2.52. The van der Waals surface area contributed by atoms with Crippen LogP contribution in [0, 0.1) is 0 Å². The number of aryl methyl sites for hydroxylation is 1. The number of aromatic nitrogens is 3. The smallest absolute Gasteiger partial charge is 0.255 e. The van der Waals surface area contributed by atoms with Crippen LogP contribution >= 0.6 is 11.8 Å². The second kappa shape index (κ2) is 23.0. The quantitative estimate of drug-likeness (QED) is 0.0267. The van der Waals surface area contributed by atoms with Crippen LogP contribution in [0.25, 0.3) is 22.2 Å². The largest absolute Gasteiger partial charge is 0.496 e. The Morgan fingerprint density at radius 1 is 0.939 bits per heavy atom. The standard InChI is InChI=1S/C52H64N8O5S/c1-6-49(61)55-42-31-36(32-48-53-26-25-41(54-48)39-34-59(4)43-21-15-14-19-37(39)43)46(65-5)33-45(42)58(3)29-28-57(2)27-16-12-10-8-7-9-11-13-17-30-66-47-22-18-20-38-40(47)35-60(52(38)64)44-23-24-50(62)56-51(44)63/h6,14-15,18-22,25-26,31,33-34,44H,1,7-13,16-17,23-24,27-30,32,35H2,2-5H3,(H,55,61)(H,56,62,63). The van der Waals surface area contributed by atoms with Gasteiger partial charge in [0.2, 0.25) is 17.7 Å². The fourth-order valence-electron chi connectivity index (χ4n) is 9.04. The van der Waals surface area contributed by atoms with E-state index in [2.05, 4.69) is 68.0 Å². The molecule has 7 rings (SSSR count). The number of imide groups is 1. The fraction of sp³-hybridized carbons (Fsp3) is 0.423. The molecule has 5 aromatic rings. The molecule has 0 spiro atoms. The number of carbonyl (C=O) groups excluding carboxylic acids is 4. The summed E-state index contributed by atoms with van der Waals surface area (Å²) in [6.45, 7) is 6.76. The first kappa shape index (κ1) is 48.0. The van der Waals surface area contributed by atoms with Gasteiger partial charge in [-0.05, 0) is 80.6 Å². The van der Waals surface area contributed by atoms with Crippen LogP contribution in [0.4, 0.5) is 11.4 Å². The molecule has 4 amide bonds. The molecule has 348 valence electrons. The van der Waals surface area contributed by atoms with Gasteiger partial charge in [0.15, 0.2) is 0 Å². The van der Waals surface area contributed by atoms with Crippen molar-refractivity contribution < 1.29 is 23.9 Å². The molecule has 2 aromatic heterocycles. The number of thioether (sulfide) groups is 1. The van der Waals surface area contributed by atoms with E-state index in [1.165, 1.54) is 51.0 Å². The maximum atomic E-state index is 13.1. The fourth-order valence-corrected chi connectivity index (χ4v) is 10.1. The Balaban J connectivity index is 0.799. The number of methoxy groups -OCH3 is 1. The zero-order chi connectivity index (χ0) is 46.6. The lowest BCUT2D eigenvalue weighted by atomic mass is 10.0. The van der Waals surface area contributed by atoms with Gasteiger partial charge >= 0.3 is 0 Å². The minimum atomic E-state index is -0.586. The summed E-state index contributed by atoms with van der Waals surface area (Å²) < 4.78 is 8.03. The van der Waals surface area contributed by atoms with E-state index < -0.39 is 6.04 Å². The molecule has 0 radical (unpaired) electrons. The third-order valence-corrected chi connectivity index (χ3v) is 14.0. The zero-order valence-electron chi connectivity index (χ0n) is 38.9. The molecular formula is C52H64N8O5S. The Morgan fingerprint density at radius 2 is 1.70 bits per heavy atom. The van der Waals surface area contributed by atoms with Gasteiger partial charge in [-0.3, -0.25) is 24.5 Å². The molecule has 66 heavy (non-hydrogen) atoms. The minimum Gasteiger partial charge on any atom is -0.496 e. The van der Waals surface area contributed by atoms with Crippen molar-refractivity contribution in [2.24, 2.45) is 7.05 Å². The second-order valence-electron chi connectivity index (χ2n) is 17.5. The number of unbranched alkanes of at least 4 members (excludes halogenated alkanes) is 8. The summed E-state index contributed by atoms with van der Waals surface area (Å²) in [7, 11) is 7.92. The van der Waals surface area contributed by atoms with E-state index in [0.717, 1.165) is 82.1 Å². The van der Waals surface area contributed by atoms with Crippen molar-refractivity contribution in [2.45, 2.75) is 94.5 Å². The number of anilines is 2. The molecule has 0 saturated carbocycles. The highest BCUT2D eigenvalue weighted by atomic mass is 32.2. The van der Waals surface area contributed by atoms with Crippen molar-refractivity contribution >= 4 is 57.7 Å². The molecule has 2 N–H and O–H groups in total. The molecular weight excluding hydrogens is 849 g/mol. The minimum absolute atomic E-state index is 0.118. The molecule has 4 heterocycles. The Labute approximate surface area is 393 Å². The summed E-state index contributed by atoms with van der Waals surface area (Å²) in [5.74, 6) is 1.31. The average molecular weight is 913 g/mol. The Hall–Kier alpha value is -5.99. The number of hydrogen-bond donors (Lipinski definition) is 2. The number of fused-ring (bicyclic) bond motifs is 2. The van der Waals surface area contributed by atoms with Crippen LogP contribution < -0.4 is 20.3 Å². The summed E-state index contributed by atoms with van der Waals surface area (Å²) >= 11 is 1.80. The van der Waals surface area contributed by atoms with Gasteiger partial charge in [-0.25, -0.2) is 9.97 Å². The predicted octanol–water partition coefficient (Wildman–Crippen LogP) is 8.79. The number of hydrogen-bond acceptors (Lipinski definition) is 10. The summed E-state index contributed by atoms with van der Waals surface area (Å²) in [5, 5.41) is 6.55. The number of ether oxygens (including phenoxy) is 1. The molecule has 2 aliphatic rings. The van der Waals surface area contributed by atoms with Gasteiger partial charge in [-0.15, -0.1) is 11.8 Å². The van der Waals surface area contributed by atoms with Gasteiger partial charge in [0.1, 0.15) is 17.6 Å². The Kier molecular flexibility index (Phi) is 16.7. The van der Waals surface area contributed by atoms with Crippen LogP contribution in [0.1, 0.15) is 97.9 Å². The number of piperidine rings is 1. The van der Waals surface area contributed by atoms with Crippen LogP contribution in [0.15, 0.2) is 90.6 Å². The van der Waals surface area contributed by atoms with E-state index in [1.807, 2.05) is 56.6 Å². The van der Waals surface area contributed by atoms with Crippen molar-refractivity contribution in [3.05, 3.63) is 108 Å². The molecule has 1 fully saturated rings. The first-order valence-electron chi connectivity index (χ1n) is 23.3. The van der Waals surface area contributed by atoms with Crippen LogP contribution in [0.5, 0.6) is 5.75 Å². The van der Waals surface area contributed by atoms with E-state index in [0.29, 0.717) is 42.2 Å². The number of rotatable bonds is 24. The first-order valence-corrected chi connectivity index (χ1v) is 24.3.